The molecule has 5 heteroatoms. The Labute approximate surface area is 135 Å². The van der Waals surface area contributed by atoms with E-state index in [2.05, 4.69) is 0 Å². The van der Waals surface area contributed by atoms with Gasteiger partial charge < -0.3 is 9.64 Å². The lowest BCUT2D eigenvalue weighted by molar-refractivity contribution is -0.163. The number of amides is 1. The zero-order valence-corrected chi connectivity index (χ0v) is 13.2. The average molecular weight is 315 g/mol. The van der Waals surface area contributed by atoms with Crippen molar-refractivity contribution in [2.45, 2.75) is 38.3 Å². The van der Waals surface area contributed by atoms with Crippen molar-refractivity contribution in [3.8, 4) is 0 Å². The van der Waals surface area contributed by atoms with Gasteiger partial charge in [0.15, 0.2) is 0 Å². The summed E-state index contributed by atoms with van der Waals surface area (Å²) in [5, 5.41) is 0. The highest BCUT2D eigenvalue weighted by atomic mass is 16.5. The summed E-state index contributed by atoms with van der Waals surface area (Å²) >= 11 is 0. The predicted molar refractivity (Wildman–Crippen MR) is 83.3 cm³/mol. The Balaban J connectivity index is 1.86. The van der Waals surface area contributed by atoms with Crippen LogP contribution in [0.15, 0.2) is 30.3 Å². The summed E-state index contributed by atoms with van der Waals surface area (Å²) < 4.78 is 4.89. The fourth-order valence-electron chi connectivity index (χ4n) is 3.77. The molecule has 1 aromatic rings. The Hall–Kier alpha value is -2.17. The van der Waals surface area contributed by atoms with E-state index in [1.807, 2.05) is 30.3 Å². The van der Waals surface area contributed by atoms with E-state index >= 15 is 0 Å². The first-order valence-electron chi connectivity index (χ1n) is 8.04. The fraction of sp³-hybridized carbons (Fsp3) is 0.500. The van der Waals surface area contributed by atoms with E-state index in [0.29, 0.717) is 32.2 Å². The summed E-state index contributed by atoms with van der Waals surface area (Å²) in [6, 6.07) is 9.04. The molecule has 0 bridgehead atoms. The van der Waals surface area contributed by atoms with E-state index < -0.39 is 12.0 Å². The summed E-state index contributed by atoms with van der Waals surface area (Å²) in [4.78, 5) is 38.4. The molecule has 1 amide bonds. The van der Waals surface area contributed by atoms with Gasteiger partial charge >= 0.3 is 5.97 Å². The number of esters is 1. The van der Waals surface area contributed by atoms with E-state index in [1.165, 1.54) is 7.11 Å². The SMILES string of the molecule is COC(=O)[C@@H]1C[C@H]2CC(=O)CC[C@H]2C(=O)N1Cc1ccccc1. The van der Waals surface area contributed by atoms with Gasteiger partial charge in [-0.15, -0.1) is 0 Å². The molecule has 0 radical (unpaired) electrons. The molecule has 0 N–H and O–H groups in total. The first kappa shape index (κ1) is 15.7. The minimum atomic E-state index is -0.597. The van der Waals surface area contributed by atoms with Crippen LogP contribution in [0.4, 0.5) is 0 Å². The van der Waals surface area contributed by atoms with Crippen LogP contribution in [-0.2, 0) is 25.7 Å². The largest absolute Gasteiger partial charge is 0.467 e. The number of likely N-dealkylation sites (tertiary alicyclic amines) is 1. The number of fused-ring (bicyclic) bond motifs is 1. The van der Waals surface area contributed by atoms with Crippen molar-refractivity contribution in [1.29, 1.82) is 0 Å². The summed E-state index contributed by atoms with van der Waals surface area (Å²) in [5.74, 6) is -0.393. The molecule has 23 heavy (non-hydrogen) atoms. The molecule has 1 saturated heterocycles. The highest BCUT2D eigenvalue weighted by molar-refractivity contribution is 5.90. The average Bonchev–Trinajstić information content (AvgIpc) is 2.57. The van der Waals surface area contributed by atoms with Gasteiger partial charge in [0.2, 0.25) is 5.91 Å². The van der Waals surface area contributed by atoms with E-state index in [4.69, 9.17) is 4.74 Å². The van der Waals surface area contributed by atoms with Gasteiger partial charge in [-0.25, -0.2) is 4.79 Å². The first-order valence-corrected chi connectivity index (χ1v) is 8.04. The van der Waals surface area contributed by atoms with Crippen LogP contribution in [0.5, 0.6) is 0 Å². The Kier molecular flexibility index (Phi) is 4.46. The van der Waals surface area contributed by atoms with E-state index in [-0.39, 0.29) is 23.5 Å². The summed E-state index contributed by atoms with van der Waals surface area (Å²) in [7, 11) is 1.34. The van der Waals surface area contributed by atoms with Crippen LogP contribution in [0.2, 0.25) is 0 Å². The molecule has 0 unspecified atom stereocenters. The van der Waals surface area contributed by atoms with Crippen LogP contribution in [0.1, 0.15) is 31.2 Å². The molecule has 3 rings (SSSR count). The maximum atomic E-state index is 12.9. The molecule has 1 heterocycles. The van der Waals surface area contributed by atoms with Crippen LogP contribution in [0.3, 0.4) is 0 Å². The maximum Gasteiger partial charge on any atom is 0.328 e. The van der Waals surface area contributed by atoms with Crippen molar-refractivity contribution in [2.24, 2.45) is 11.8 Å². The van der Waals surface area contributed by atoms with Crippen molar-refractivity contribution >= 4 is 17.7 Å². The number of benzene rings is 1. The summed E-state index contributed by atoms with van der Waals surface area (Å²) in [6.45, 7) is 0.399. The minimum absolute atomic E-state index is 0.0204. The number of carbonyl (C=O) groups is 3. The molecule has 1 aliphatic heterocycles. The number of carbonyl (C=O) groups excluding carboxylic acids is 3. The van der Waals surface area contributed by atoms with E-state index in [1.54, 1.807) is 4.90 Å². The maximum absolute atomic E-state index is 12.9. The Morgan fingerprint density at radius 3 is 2.70 bits per heavy atom. The number of piperidine rings is 1. The van der Waals surface area contributed by atoms with Gasteiger partial charge in [0.1, 0.15) is 11.8 Å². The normalized spacial score (nSPS) is 27.5. The molecule has 5 nitrogen and oxygen atoms in total. The molecular formula is C18H21NO4. The number of Topliss-reactive ketones (excluding diaryl/α,β-unsaturated/α-hetero) is 1. The lowest BCUT2D eigenvalue weighted by atomic mass is 9.72. The van der Waals surface area contributed by atoms with Crippen molar-refractivity contribution in [3.05, 3.63) is 35.9 Å². The number of ether oxygens (including phenoxy) is 1. The highest BCUT2D eigenvalue weighted by Gasteiger charge is 2.46. The molecule has 122 valence electrons. The Morgan fingerprint density at radius 1 is 1.26 bits per heavy atom. The number of hydrogen-bond donors (Lipinski definition) is 0. The predicted octanol–water partition coefficient (Wildman–Crippen LogP) is 1.95. The first-order chi connectivity index (χ1) is 11.1. The summed E-state index contributed by atoms with van der Waals surface area (Å²) in [5.41, 5.74) is 0.986. The number of hydrogen-bond acceptors (Lipinski definition) is 4. The Bertz CT molecular complexity index is 613. The Morgan fingerprint density at radius 2 is 2.00 bits per heavy atom. The molecule has 2 aliphatic rings. The molecule has 0 aromatic heterocycles. The van der Waals surface area contributed by atoms with Crippen LogP contribution in [0, 0.1) is 11.8 Å². The molecule has 3 atom stereocenters. The van der Waals surface area contributed by atoms with Crippen LogP contribution in [0.25, 0.3) is 0 Å². The zero-order valence-electron chi connectivity index (χ0n) is 13.2. The second-order valence-corrected chi connectivity index (χ2v) is 6.37. The second kappa shape index (κ2) is 6.52. The topological polar surface area (TPSA) is 63.7 Å². The lowest BCUT2D eigenvalue weighted by Gasteiger charge is -2.43. The molecular weight excluding hydrogens is 294 g/mol. The fourth-order valence-corrected chi connectivity index (χ4v) is 3.77. The molecule has 2 fully saturated rings. The van der Waals surface area contributed by atoms with Gasteiger partial charge in [-0.3, -0.25) is 9.59 Å². The third-order valence-corrected chi connectivity index (χ3v) is 4.96. The van der Waals surface area contributed by atoms with Crippen LogP contribution in [-0.4, -0.2) is 35.7 Å². The van der Waals surface area contributed by atoms with Crippen molar-refractivity contribution < 1.29 is 19.1 Å². The van der Waals surface area contributed by atoms with E-state index in [0.717, 1.165) is 5.56 Å². The quantitative estimate of drug-likeness (QED) is 0.800. The molecule has 0 spiro atoms. The van der Waals surface area contributed by atoms with Gasteiger partial charge in [0, 0.05) is 25.3 Å². The third kappa shape index (κ3) is 3.14. The minimum Gasteiger partial charge on any atom is -0.467 e. The molecule has 1 aromatic carbocycles. The lowest BCUT2D eigenvalue weighted by Crippen LogP contribution is -2.55. The monoisotopic (exact) mass is 315 g/mol. The summed E-state index contributed by atoms with van der Waals surface area (Å²) in [6.07, 6.45) is 1.99. The van der Waals surface area contributed by atoms with Crippen molar-refractivity contribution in [2.75, 3.05) is 7.11 Å². The van der Waals surface area contributed by atoms with Gasteiger partial charge in [0.25, 0.3) is 0 Å². The highest BCUT2D eigenvalue weighted by Crippen LogP contribution is 2.39. The standard InChI is InChI=1S/C18H21NO4/c1-23-18(22)16-10-13-9-14(20)7-8-15(13)17(21)19(16)11-12-5-3-2-4-6-12/h2-6,13,15-16H,7-11H2,1H3/t13-,15-,16+/m1/s1. The van der Waals surface area contributed by atoms with E-state index in [9.17, 15) is 14.4 Å². The molecule has 1 saturated carbocycles. The number of methoxy groups -OCH3 is 1. The van der Waals surface area contributed by atoms with Crippen LogP contribution < -0.4 is 0 Å². The van der Waals surface area contributed by atoms with Gasteiger partial charge in [-0.2, -0.15) is 0 Å². The number of nitrogens with zero attached hydrogens (tertiary/aromatic N) is 1. The molecule has 1 aliphatic carbocycles. The van der Waals surface area contributed by atoms with Gasteiger partial charge in [-0.1, -0.05) is 30.3 Å². The van der Waals surface area contributed by atoms with Gasteiger partial charge in [-0.05, 0) is 24.3 Å². The third-order valence-electron chi connectivity index (χ3n) is 4.96. The van der Waals surface area contributed by atoms with Crippen molar-refractivity contribution in [1.82, 2.24) is 4.90 Å². The number of ketones is 1. The number of rotatable bonds is 3. The van der Waals surface area contributed by atoms with Gasteiger partial charge in [0.05, 0.1) is 7.11 Å². The van der Waals surface area contributed by atoms with Crippen molar-refractivity contribution in [3.63, 3.8) is 0 Å². The van der Waals surface area contributed by atoms with Crippen LogP contribution >= 0.6 is 0 Å². The smallest absolute Gasteiger partial charge is 0.328 e. The zero-order chi connectivity index (χ0) is 16.4. The second-order valence-electron chi connectivity index (χ2n) is 6.37.